The molecule has 2 aliphatic rings. The van der Waals surface area contributed by atoms with Gasteiger partial charge in [0.2, 0.25) is 12.3 Å². The summed E-state index contributed by atoms with van der Waals surface area (Å²) in [6.45, 7) is 6.51. The van der Waals surface area contributed by atoms with Gasteiger partial charge in [-0.2, -0.15) is 0 Å². The fourth-order valence-electron chi connectivity index (χ4n) is 2.76. The molecule has 2 fully saturated rings. The van der Waals surface area contributed by atoms with Crippen LogP contribution in [0.1, 0.15) is 5.56 Å². The molecular formula is C15H22N2O3PS2+. The monoisotopic (exact) mass is 373 g/mol. The Bertz CT molecular complexity index is 505. The summed E-state index contributed by atoms with van der Waals surface area (Å²) in [7, 11) is 0. The molecule has 0 N–H and O–H groups in total. The van der Waals surface area contributed by atoms with Crippen LogP contribution in [0.15, 0.2) is 30.3 Å². The second-order valence-electron chi connectivity index (χ2n) is 5.51. The Kier molecular flexibility index (Phi) is 6.80. The van der Waals surface area contributed by atoms with E-state index in [2.05, 4.69) is 21.3 Å². The van der Waals surface area contributed by atoms with Crippen LogP contribution >= 0.6 is 18.1 Å². The highest BCUT2D eigenvalue weighted by Crippen LogP contribution is 2.36. The number of hydrogen-bond donors (Lipinski definition) is 0. The lowest BCUT2D eigenvalue weighted by Crippen LogP contribution is -2.51. The second-order valence-corrected chi connectivity index (χ2v) is 8.92. The van der Waals surface area contributed by atoms with Crippen molar-refractivity contribution in [3.63, 3.8) is 0 Å². The van der Waals surface area contributed by atoms with Crippen LogP contribution in [0.4, 0.5) is 0 Å². The van der Waals surface area contributed by atoms with Crippen LogP contribution in [-0.2, 0) is 31.8 Å². The molecule has 1 aromatic rings. The number of rotatable bonds is 6. The van der Waals surface area contributed by atoms with Crippen molar-refractivity contribution >= 4 is 29.9 Å². The molecule has 0 bridgehead atoms. The summed E-state index contributed by atoms with van der Waals surface area (Å²) in [6, 6.07) is 10.2. The standard InChI is InChI=1S/C15H21N2O3PS2/c22-21-23-17-8-11-19-15(12-17,14-4-2-1-3-5-14)20-13-16-6-9-18-10-7-16/h1-5H,6-13H2/p+1. The van der Waals surface area contributed by atoms with Gasteiger partial charge in [0.05, 0.1) is 26.4 Å². The summed E-state index contributed by atoms with van der Waals surface area (Å²) in [5, 5.41) is 0. The normalized spacial score (nSPS) is 27.3. The molecule has 0 spiro atoms. The first-order chi connectivity index (χ1) is 11.3. The van der Waals surface area contributed by atoms with Crippen molar-refractivity contribution in [2.24, 2.45) is 0 Å². The average molecular weight is 373 g/mol. The van der Waals surface area contributed by atoms with Crippen LogP contribution in [0.5, 0.6) is 0 Å². The van der Waals surface area contributed by atoms with Gasteiger partial charge in [-0.1, -0.05) is 30.3 Å². The van der Waals surface area contributed by atoms with E-state index in [0.717, 1.165) is 38.4 Å². The van der Waals surface area contributed by atoms with Gasteiger partial charge in [0.25, 0.3) is 0 Å². The molecule has 2 atom stereocenters. The zero-order valence-electron chi connectivity index (χ0n) is 13.0. The summed E-state index contributed by atoms with van der Waals surface area (Å²) < 4.78 is 20.2. The van der Waals surface area contributed by atoms with Crippen LogP contribution in [0.3, 0.4) is 0 Å². The summed E-state index contributed by atoms with van der Waals surface area (Å²) in [5.41, 5.74) is 1.06. The Labute approximate surface area is 148 Å². The maximum Gasteiger partial charge on any atom is 0.247 e. The quantitative estimate of drug-likeness (QED) is 0.558. The first-order valence-electron chi connectivity index (χ1n) is 7.75. The van der Waals surface area contributed by atoms with Gasteiger partial charge in [-0.15, -0.1) is 0 Å². The first-order valence-corrected chi connectivity index (χ1v) is 11.4. The van der Waals surface area contributed by atoms with E-state index in [-0.39, 0.29) is 0 Å². The lowest BCUT2D eigenvalue weighted by Gasteiger charge is -2.41. The number of hydrogen-bond acceptors (Lipinski definition) is 7. The van der Waals surface area contributed by atoms with Crippen molar-refractivity contribution in [2.75, 3.05) is 52.7 Å². The third-order valence-corrected chi connectivity index (χ3v) is 6.34. The number of benzene rings is 1. The molecular weight excluding hydrogens is 351 g/mol. The minimum Gasteiger partial charge on any atom is -0.379 e. The summed E-state index contributed by atoms with van der Waals surface area (Å²) >= 11 is 6.83. The van der Waals surface area contributed by atoms with E-state index >= 15 is 0 Å². The lowest BCUT2D eigenvalue weighted by atomic mass is 10.0. The maximum absolute atomic E-state index is 6.33. The Hall–Kier alpha value is -0.110. The molecule has 0 saturated carbocycles. The average Bonchev–Trinajstić information content (AvgIpc) is 2.62. The highest BCUT2D eigenvalue weighted by molar-refractivity contribution is 8.56. The minimum absolute atomic E-state index is 0.417. The molecule has 126 valence electrons. The van der Waals surface area contributed by atoms with E-state index in [0.29, 0.717) is 26.4 Å². The SMILES string of the molecule is S=[PH+]SN1CCOC(OCN2CCOCC2)(c2ccccc2)C1. The van der Waals surface area contributed by atoms with Gasteiger partial charge in [0, 0.05) is 25.2 Å². The fraction of sp³-hybridized carbons (Fsp3) is 0.600. The zero-order chi connectivity index (χ0) is 16.0. The van der Waals surface area contributed by atoms with Crippen LogP contribution in [0, 0.1) is 0 Å². The van der Waals surface area contributed by atoms with E-state index in [1.165, 1.54) is 0 Å². The van der Waals surface area contributed by atoms with E-state index in [9.17, 15) is 0 Å². The zero-order valence-corrected chi connectivity index (χ0v) is 15.6. The Morgan fingerprint density at radius 3 is 2.70 bits per heavy atom. The molecule has 2 unspecified atom stereocenters. The predicted molar refractivity (Wildman–Crippen MR) is 97.3 cm³/mol. The van der Waals surface area contributed by atoms with Gasteiger partial charge in [0.1, 0.15) is 6.73 Å². The number of morpholine rings is 2. The molecule has 1 aromatic carbocycles. The lowest BCUT2D eigenvalue weighted by molar-refractivity contribution is -0.283. The van der Waals surface area contributed by atoms with Gasteiger partial charge < -0.3 is 14.2 Å². The van der Waals surface area contributed by atoms with Crippen molar-refractivity contribution in [2.45, 2.75) is 5.79 Å². The molecule has 5 nitrogen and oxygen atoms in total. The molecule has 8 heteroatoms. The molecule has 2 aliphatic heterocycles. The first kappa shape index (κ1) is 17.7. The highest BCUT2D eigenvalue weighted by Gasteiger charge is 2.41. The van der Waals surface area contributed by atoms with Crippen molar-refractivity contribution in [1.29, 1.82) is 0 Å². The Morgan fingerprint density at radius 1 is 1.17 bits per heavy atom. The van der Waals surface area contributed by atoms with Crippen molar-refractivity contribution < 1.29 is 14.2 Å². The summed E-state index contributed by atoms with van der Waals surface area (Å²) in [6.07, 6.45) is 0. The molecule has 0 aliphatic carbocycles. The molecule has 0 amide bonds. The van der Waals surface area contributed by atoms with Crippen LogP contribution in [0.2, 0.25) is 0 Å². The van der Waals surface area contributed by atoms with E-state index in [4.69, 9.17) is 26.0 Å². The number of ether oxygens (including phenoxy) is 3. The van der Waals surface area contributed by atoms with Gasteiger partial charge in [-0.05, 0) is 0 Å². The molecule has 3 rings (SSSR count). The molecule has 2 heterocycles. The molecule has 23 heavy (non-hydrogen) atoms. The molecule has 2 saturated heterocycles. The third kappa shape index (κ3) is 4.71. The predicted octanol–water partition coefficient (Wildman–Crippen LogP) is 2.18. The van der Waals surface area contributed by atoms with Gasteiger partial charge in [-0.3, -0.25) is 4.90 Å². The maximum atomic E-state index is 6.33. The fourth-order valence-corrected chi connectivity index (χ4v) is 5.00. The van der Waals surface area contributed by atoms with Gasteiger partial charge in [-0.25, -0.2) is 4.31 Å². The van der Waals surface area contributed by atoms with E-state index < -0.39 is 5.79 Å². The van der Waals surface area contributed by atoms with Crippen molar-refractivity contribution in [3.8, 4) is 0 Å². The van der Waals surface area contributed by atoms with Gasteiger partial charge in [0.15, 0.2) is 23.4 Å². The smallest absolute Gasteiger partial charge is 0.247 e. The van der Waals surface area contributed by atoms with Crippen LogP contribution in [-0.4, -0.2) is 61.9 Å². The van der Waals surface area contributed by atoms with E-state index in [1.807, 2.05) is 18.2 Å². The summed E-state index contributed by atoms with van der Waals surface area (Å²) in [4.78, 5) is 2.26. The van der Waals surface area contributed by atoms with Crippen molar-refractivity contribution in [1.82, 2.24) is 9.21 Å². The molecule has 0 aromatic heterocycles. The third-order valence-electron chi connectivity index (χ3n) is 4.02. The molecule has 0 radical (unpaired) electrons. The van der Waals surface area contributed by atoms with E-state index in [1.54, 1.807) is 11.6 Å². The van der Waals surface area contributed by atoms with Crippen LogP contribution in [0.25, 0.3) is 0 Å². The largest absolute Gasteiger partial charge is 0.379 e. The summed E-state index contributed by atoms with van der Waals surface area (Å²) in [5.74, 6) is -0.722. The van der Waals surface area contributed by atoms with Crippen LogP contribution < -0.4 is 0 Å². The minimum atomic E-state index is -0.722. The highest BCUT2D eigenvalue weighted by atomic mass is 32.9. The van der Waals surface area contributed by atoms with Gasteiger partial charge >= 0.3 is 0 Å². The van der Waals surface area contributed by atoms with Crippen molar-refractivity contribution in [3.05, 3.63) is 35.9 Å². The topological polar surface area (TPSA) is 34.2 Å². The Morgan fingerprint density at radius 2 is 1.96 bits per heavy atom. The second kappa shape index (κ2) is 8.83. The Balaban J connectivity index is 1.74. The number of nitrogens with zero attached hydrogens (tertiary/aromatic N) is 2.